The summed E-state index contributed by atoms with van der Waals surface area (Å²) in [7, 11) is 4.90. The number of amides is 1. The second kappa shape index (κ2) is 8.36. The number of rotatable bonds is 6. The van der Waals surface area contributed by atoms with E-state index in [4.69, 9.17) is 14.2 Å². The van der Waals surface area contributed by atoms with Crippen LogP contribution in [0.1, 0.15) is 16.5 Å². The third kappa shape index (κ3) is 3.90. The Labute approximate surface area is 158 Å². The first-order valence-corrected chi connectivity index (χ1v) is 9.47. The summed E-state index contributed by atoms with van der Waals surface area (Å²) in [4.78, 5) is 14.8. The summed E-state index contributed by atoms with van der Waals surface area (Å²) < 4.78 is 16.0. The monoisotopic (exact) mass is 373 g/mol. The van der Waals surface area contributed by atoms with Gasteiger partial charge in [-0.2, -0.15) is 0 Å². The Balaban J connectivity index is 1.78. The van der Waals surface area contributed by atoms with Crippen LogP contribution in [0.3, 0.4) is 0 Å². The van der Waals surface area contributed by atoms with Crippen molar-refractivity contribution in [2.75, 3.05) is 33.6 Å². The molecule has 0 bridgehead atoms. The van der Waals surface area contributed by atoms with Gasteiger partial charge in [-0.05, 0) is 29.8 Å². The van der Waals surface area contributed by atoms with Crippen molar-refractivity contribution >= 4 is 17.7 Å². The minimum Gasteiger partial charge on any atom is -0.497 e. The number of hydrogen-bond acceptors (Lipinski definition) is 5. The van der Waals surface area contributed by atoms with Crippen LogP contribution in [-0.2, 0) is 11.2 Å². The largest absolute Gasteiger partial charge is 0.497 e. The molecule has 0 saturated carbocycles. The topological polar surface area (TPSA) is 48.0 Å². The fraction of sp³-hybridized carbons (Fsp3) is 0.350. The van der Waals surface area contributed by atoms with E-state index in [-0.39, 0.29) is 11.3 Å². The average molecular weight is 373 g/mol. The molecular weight excluding hydrogens is 350 g/mol. The number of ether oxygens (including phenoxy) is 3. The summed E-state index contributed by atoms with van der Waals surface area (Å²) >= 11 is 1.76. The molecule has 1 heterocycles. The Morgan fingerprint density at radius 3 is 2.38 bits per heavy atom. The van der Waals surface area contributed by atoms with Gasteiger partial charge in [0.2, 0.25) is 5.91 Å². The van der Waals surface area contributed by atoms with E-state index in [1.807, 2.05) is 47.4 Å². The van der Waals surface area contributed by atoms with E-state index in [0.29, 0.717) is 6.42 Å². The Morgan fingerprint density at radius 2 is 1.73 bits per heavy atom. The number of thioether (sulfide) groups is 1. The number of hydrogen-bond donors (Lipinski definition) is 0. The molecule has 0 N–H and O–H groups in total. The van der Waals surface area contributed by atoms with Crippen LogP contribution in [0.2, 0.25) is 0 Å². The molecule has 1 fully saturated rings. The number of nitrogens with zero attached hydrogens (tertiary/aromatic N) is 1. The number of benzene rings is 2. The SMILES string of the molecule is COc1ccc(CC(=O)N2CCS[C@H]2c2ccc(OC)cc2OC)cc1. The van der Waals surface area contributed by atoms with E-state index < -0.39 is 0 Å². The maximum atomic E-state index is 12.9. The summed E-state index contributed by atoms with van der Waals surface area (Å²) in [6.07, 6.45) is 0.375. The second-order valence-corrected chi connectivity index (χ2v) is 7.13. The van der Waals surface area contributed by atoms with Crippen molar-refractivity contribution in [3.63, 3.8) is 0 Å². The van der Waals surface area contributed by atoms with Crippen LogP contribution < -0.4 is 14.2 Å². The second-order valence-electron chi connectivity index (χ2n) is 5.94. The van der Waals surface area contributed by atoms with Gasteiger partial charge in [0.05, 0.1) is 27.8 Å². The molecule has 0 aromatic heterocycles. The Kier molecular flexibility index (Phi) is 5.93. The van der Waals surface area contributed by atoms with Crippen molar-refractivity contribution in [2.24, 2.45) is 0 Å². The highest BCUT2D eigenvalue weighted by atomic mass is 32.2. The summed E-state index contributed by atoms with van der Waals surface area (Å²) in [5.41, 5.74) is 1.98. The molecule has 6 heteroatoms. The zero-order valence-electron chi connectivity index (χ0n) is 15.2. The van der Waals surface area contributed by atoms with E-state index in [2.05, 4.69) is 0 Å². The zero-order chi connectivity index (χ0) is 18.5. The molecule has 0 unspecified atom stereocenters. The predicted molar refractivity (Wildman–Crippen MR) is 103 cm³/mol. The van der Waals surface area contributed by atoms with E-state index in [0.717, 1.165) is 40.7 Å². The van der Waals surface area contributed by atoms with Gasteiger partial charge in [0.15, 0.2) is 0 Å². The average Bonchev–Trinajstić information content (AvgIpc) is 3.17. The first kappa shape index (κ1) is 18.5. The highest BCUT2D eigenvalue weighted by molar-refractivity contribution is 7.99. The van der Waals surface area contributed by atoms with Gasteiger partial charge in [0, 0.05) is 23.9 Å². The standard InChI is InChI=1S/C20H23NO4S/c1-23-15-6-4-14(5-7-15)12-19(22)21-10-11-26-20(21)17-9-8-16(24-2)13-18(17)25-3/h4-9,13,20H,10-12H2,1-3H3/t20-/m0/s1. The third-order valence-corrected chi connectivity index (χ3v) is 5.67. The minimum atomic E-state index is -0.0402. The smallest absolute Gasteiger partial charge is 0.228 e. The summed E-state index contributed by atoms with van der Waals surface area (Å²) in [6.45, 7) is 0.736. The molecule has 0 aliphatic carbocycles. The maximum absolute atomic E-state index is 12.9. The van der Waals surface area contributed by atoms with Gasteiger partial charge in [-0.1, -0.05) is 12.1 Å². The number of carbonyl (C=O) groups excluding carboxylic acids is 1. The van der Waals surface area contributed by atoms with E-state index in [1.165, 1.54) is 0 Å². The van der Waals surface area contributed by atoms with Crippen molar-refractivity contribution in [2.45, 2.75) is 11.8 Å². The van der Waals surface area contributed by atoms with Crippen LogP contribution in [0.25, 0.3) is 0 Å². The van der Waals surface area contributed by atoms with E-state index in [1.54, 1.807) is 33.1 Å². The van der Waals surface area contributed by atoms with Crippen molar-refractivity contribution in [3.05, 3.63) is 53.6 Å². The molecule has 1 aliphatic heterocycles. The Morgan fingerprint density at radius 1 is 1.04 bits per heavy atom. The lowest BCUT2D eigenvalue weighted by Gasteiger charge is -2.26. The van der Waals surface area contributed by atoms with Crippen LogP contribution >= 0.6 is 11.8 Å². The lowest BCUT2D eigenvalue weighted by Crippen LogP contribution is -2.31. The van der Waals surface area contributed by atoms with Gasteiger partial charge in [-0.25, -0.2) is 0 Å². The Bertz CT molecular complexity index is 763. The molecule has 1 atom stereocenters. The molecule has 3 rings (SSSR count). The van der Waals surface area contributed by atoms with Gasteiger partial charge >= 0.3 is 0 Å². The van der Waals surface area contributed by atoms with Gasteiger partial charge in [0.25, 0.3) is 0 Å². The van der Waals surface area contributed by atoms with Gasteiger partial charge < -0.3 is 19.1 Å². The summed E-state index contributed by atoms with van der Waals surface area (Å²) in [5, 5.41) is -0.0402. The Hall–Kier alpha value is -2.34. The van der Waals surface area contributed by atoms with Crippen molar-refractivity contribution in [1.29, 1.82) is 0 Å². The first-order chi connectivity index (χ1) is 12.7. The lowest BCUT2D eigenvalue weighted by atomic mass is 10.1. The molecule has 138 valence electrons. The zero-order valence-corrected chi connectivity index (χ0v) is 16.0. The molecule has 1 aliphatic rings. The molecule has 0 radical (unpaired) electrons. The molecule has 0 spiro atoms. The van der Waals surface area contributed by atoms with Crippen molar-refractivity contribution < 1.29 is 19.0 Å². The number of methoxy groups -OCH3 is 3. The molecule has 1 saturated heterocycles. The normalized spacial score (nSPS) is 16.4. The van der Waals surface area contributed by atoms with Gasteiger partial charge in [-0.15, -0.1) is 11.8 Å². The molecule has 2 aromatic carbocycles. The van der Waals surface area contributed by atoms with Gasteiger partial charge in [0.1, 0.15) is 22.6 Å². The molecule has 5 nitrogen and oxygen atoms in total. The predicted octanol–water partition coefficient (Wildman–Crippen LogP) is 3.53. The summed E-state index contributed by atoms with van der Waals surface area (Å²) in [6, 6.07) is 13.4. The molecular formula is C20H23NO4S. The van der Waals surface area contributed by atoms with Crippen LogP contribution in [0.5, 0.6) is 17.2 Å². The molecule has 2 aromatic rings. The summed E-state index contributed by atoms with van der Waals surface area (Å²) in [5.74, 6) is 3.30. The maximum Gasteiger partial charge on any atom is 0.228 e. The third-order valence-electron chi connectivity index (χ3n) is 4.43. The van der Waals surface area contributed by atoms with Crippen molar-refractivity contribution in [1.82, 2.24) is 4.90 Å². The molecule has 26 heavy (non-hydrogen) atoms. The van der Waals surface area contributed by atoms with E-state index in [9.17, 15) is 4.79 Å². The molecule has 1 amide bonds. The van der Waals surface area contributed by atoms with E-state index >= 15 is 0 Å². The van der Waals surface area contributed by atoms with Crippen LogP contribution in [0.15, 0.2) is 42.5 Å². The minimum absolute atomic E-state index is 0.0402. The lowest BCUT2D eigenvalue weighted by molar-refractivity contribution is -0.130. The van der Waals surface area contributed by atoms with Gasteiger partial charge in [-0.3, -0.25) is 4.79 Å². The highest BCUT2D eigenvalue weighted by Gasteiger charge is 2.32. The first-order valence-electron chi connectivity index (χ1n) is 8.42. The van der Waals surface area contributed by atoms with Crippen LogP contribution in [0.4, 0.5) is 0 Å². The fourth-order valence-corrected chi connectivity index (χ4v) is 4.33. The van der Waals surface area contributed by atoms with Crippen molar-refractivity contribution in [3.8, 4) is 17.2 Å². The highest BCUT2D eigenvalue weighted by Crippen LogP contribution is 2.43. The van der Waals surface area contributed by atoms with Crippen LogP contribution in [-0.4, -0.2) is 44.4 Å². The number of carbonyl (C=O) groups is 1. The quantitative estimate of drug-likeness (QED) is 0.775. The fourth-order valence-electron chi connectivity index (χ4n) is 3.03. The van der Waals surface area contributed by atoms with Crippen LogP contribution in [0, 0.1) is 0 Å².